The van der Waals surface area contributed by atoms with Crippen molar-refractivity contribution in [3.63, 3.8) is 0 Å². The van der Waals surface area contributed by atoms with Gasteiger partial charge < -0.3 is 9.15 Å². The summed E-state index contributed by atoms with van der Waals surface area (Å²) in [4.78, 5) is 13.3. The zero-order valence-electron chi connectivity index (χ0n) is 15.7. The first-order chi connectivity index (χ1) is 14.8. The van der Waals surface area contributed by atoms with Crippen LogP contribution in [0.5, 0.6) is 5.75 Å². The molecule has 4 aromatic rings. The third kappa shape index (κ3) is 5.45. The van der Waals surface area contributed by atoms with Crippen LogP contribution in [-0.2, 0) is 12.8 Å². The molecule has 0 saturated heterocycles. The molecule has 5 nitrogen and oxygen atoms in total. The maximum atomic E-state index is 12.7. The third-order valence-corrected chi connectivity index (χ3v) is 5.03. The van der Waals surface area contributed by atoms with Crippen molar-refractivity contribution in [1.82, 2.24) is 15.0 Å². The van der Waals surface area contributed by atoms with Crippen LogP contribution in [0, 0.1) is 0 Å². The summed E-state index contributed by atoms with van der Waals surface area (Å²) in [6, 6.07) is 11.5. The first kappa shape index (κ1) is 21.4. The van der Waals surface area contributed by atoms with Gasteiger partial charge in [-0.05, 0) is 42.0 Å². The zero-order valence-corrected chi connectivity index (χ0v) is 18.1. The van der Waals surface area contributed by atoms with Gasteiger partial charge in [0.1, 0.15) is 5.75 Å². The number of fused-ring (bicyclic) bond motifs is 1. The van der Waals surface area contributed by atoms with E-state index in [4.69, 9.17) is 16.6 Å². The first-order valence-electron chi connectivity index (χ1n) is 8.99. The van der Waals surface area contributed by atoms with Crippen LogP contribution in [0.4, 0.5) is 13.2 Å². The zero-order chi connectivity index (χ0) is 22.0. The lowest BCUT2D eigenvalue weighted by Gasteiger charge is -2.14. The summed E-state index contributed by atoms with van der Waals surface area (Å²) in [5.74, 6) is 0.113. The molecule has 0 aliphatic carbocycles. The molecule has 0 bridgehead atoms. The molecule has 0 saturated carbocycles. The van der Waals surface area contributed by atoms with E-state index in [9.17, 15) is 13.2 Å². The monoisotopic (exact) mass is 507 g/mol. The molecular formula is C21H13BrF3N3O2S. The van der Waals surface area contributed by atoms with E-state index in [1.807, 2.05) is 0 Å². The van der Waals surface area contributed by atoms with Gasteiger partial charge in [-0.15, -0.1) is 13.2 Å². The summed E-state index contributed by atoms with van der Waals surface area (Å²) in [6.45, 7) is 0. The molecule has 0 spiro atoms. The number of ether oxygens (including phenoxy) is 1. The van der Waals surface area contributed by atoms with Gasteiger partial charge in [-0.3, -0.25) is 4.98 Å². The Morgan fingerprint density at radius 1 is 1.06 bits per heavy atom. The van der Waals surface area contributed by atoms with E-state index < -0.39 is 6.36 Å². The molecule has 31 heavy (non-hydrogen) atoms. The second-order valence-corrected chi connectivity index (χ2v) is 8.07. The van der Waals surface area contributed by atoms with Crippen LogP contribution in [0.1, 0.15) is 11.3 Å². The Hall–Kier alpha value is -2.85. The van der Waals surface area contributed by atoms with Crippen LogP contribution >= 0.6 is 28.1 Å². The molecule has 0 fully saturated rings. The standard InChI is InChI=1S/C21H13BrF3N3O2S/c22-14-4-3-12(18(10-14)30-21(23,24)25)9-16(31)11-15-8-13(5-7-26-15)20-28-19-17(29-20)2-1-6-27-19/h1-8,10H,9,11H2. The van der Waals surface area contributed by atoms with E-state index in [1.165, 1.54) is 6.07 Å². The highest BCUT2D eigenvalue weighted by molar-refractivity contribution is 9.10. The summed E-state index contributed by atoms with van der Waals surface area (Å²) < 4.78 is 48.5. The third-order valence-electron chi connectivity index (χ3n) is 4.25. The lowest BCUT2D eigenvalue weighted by molar-refractivity contribution is -0.274. The fourth-order valence-electron chi connectivity index (χ4n) is 2.97. The van der Waals surface area contributed by atoms with Crippen LogP contribution in [0.25, 0.3) is 22.7 Å². The predicted molar refractivity (Wildman–Crippen MR) is 116 cm³/mol. The fraction of sp³-hybridized carbons (Fsp3) is 0.143. The van der Waals surface area contributed by atoms with Gasteiger partial charge in [-0.25, -0.2) is 4.98 Å². The molecule has 158 valence electrons. The number of halogens is 4. The Kier molecular flexibility index (Phi) is 6.01. The predicted octanol–water partition coefficient (Wildman–Crippen LogP) is 6.10. The average Bonchev–Trinajstić information content (AvgIpc) is 3.13. The molecule has 0 radical (unpaired) electrons. The van der Waals surface area contributed by atoms with E-state index in [2.05, 4.69) is 35.6 Å². The summed E-state index contributed by atoms with van der Waals surface area (Å²) in [5, 5.41) is 0. The van der Waals surface area contributed by atoms with E-state index in [0.29, 0.717) is 49.7 Å². The highest BCUT2D eigenvalue weighted by Gasteiger charge is 2.32. The molecule has 0 N–H and O–H groups in total. The van der Waals surface area contributed by atoms with Crippen molar-refractivity contribution in [2.75, 3.05) is 0 Å². The minimum absolute atomic E-state index is 0.132. The van der Waals surface area contributed by atoms with Gasteiger partial charge in [-0.1, -0.05) is 34.2 Å². The van der Waals surface area contributed by atoms with Gasteiger partial charge >= 0.3 is 6.36 Å². The van der Waals surface area contributed by atoms with Crippen molar-refractivity contribution in [3.05, 3.63) is 70.6 Å². The Morgan fingerprint density at radius 2 is 1.90 bits per heavy atom. The summed E-state index contributed by atoms with van der Waals surface area (Å²) in [7, 11) is 0. The summed E-state index contributed by atoms with van der Waals surface area (Å²) in [5.41, 5.74) is 2.76. The average molecular weight is 508 g/mol. The number of benzene rings is 1. The van der Waals surface area contributed by atoms with Crippen LogP contribution in [-0.4, -0.2) is 26.2 Å². The maximum Gasteiger partial charge on any atom is 0.573 e. The second kappa shape index (κ2) is 8.72. The molecule has 0 aliphatic heterocycles. The Labute approximate surface area is 188 Å². The normalized spacial score (nSPS) is 11.6. The summed E-state index contributed by atoms with van der Waals surface area (Å²) >= 11 is 8.58. The van der Waals surface area contributed by atoms with Crippen LogP contribution in [0.2, 0.25) is 0 Å². The number of oxazole rings is 1. The number of pyridine rings is 2. The number of thiocarbonyl (C=S) groups is 1. The number of hydrogen-bond donors (Lipinski definition) is 0. The highest BCUT2D eigenvalue weighted by Crippen LogP contribution is 2.30. The number of nitrogens with zero attached hydrogens (tertiary/aromatic N) is 3. The topological polar surface area (TPSA) is 61.0 Å². The lowest BCUT2D eigenvalue weighted by atomic mass is 10.0. The first-order valence-corrected chi connectivity index (χ1v) is 10.2. The molecular weight excluding hydrogens is 495 g/mol. The van der Waals surface area contributed by atoms with Crippen LogP contribution < -0.4 is 4.74 Å². The SMILES string of the molecule is FC(F)(F)Oc1cc(Br)ccc1CC(=S)Cc1cc(-c2nc3ncccc3o2)ccn1. The van der Waals surface area contributed by atoms with Crippen LogP contribution in [0.3, 0.4) is 0 Å². The quantitative estimate of drug-likeness (QED) is 0.294. The van der Waals surface area contributed by atoms with E-state index in [0.717, 1.165) is 0 Å². The number of alkyl halides is 3. The van der Waals surface area contributed by atoms with Crippen molar-refractivity contribution in [1.29, 1.82) is 0 Å². The fourth-order valence-corrected chi connectivity index (χ4v) is 3.61. The Bertz CT molecular complexity index is 1230. The van der Waals surface area contributed by atoms with Crippen molar-refractivity contribution in [3.8, 4) is 17.2 Å². The van der Waals surface area contributed by atoms with Gasteiger partial charge in [0, 0.05) is 45.8 Å². The van der Waals surface area contributed by atoms with Crippen LogP contribution in [0.15, 0.2) is 63.7 Å². The number of aromatic nitrogens is 3. The molecule has 3 aromatic heterocycles. The van der Waals surface area contributed by atoms with Gasteiger partial charge in [0.25, 0.3) is 0 Å². The van der Waals surface area contributed by atoms with Crippen molar-refractivity contribution in [2.24, 2.45) is 0 Å². The molecule has 0 atom stereocenters. The molecule has 0 amide bonds. The number of hydrogen-bond acceptors (Lipinski definition) is 6. The summed E-state index contributed by atoms with van der Waals surface area (Å²) in [6.07, 6.45) is -1.13. The van der Waals surface area contributed by atoms with E-state index in [-0.39, 0.29) is 12.2 Å². The Balaban J connectivity index is 1.51. The molecule has 0 aliphatic rings. The van der Waals surface area contributed by atoms with Gasteiger partial charge in [0.15, 0.2) is 11.2 Å². The van der Waals surface area contributed by atoms with Gasteiger partial charge in [0.2, 0.25) is 5.89 Å². The number of rotatable bonds is 6. The molecule has 4 rings (SSSR count). The van der Waals surface area contributed by atoms with Gasteiger partial charge in [0.05, 0.1) is 0 Å². The molecule has 3 heterocycles. The second-order valence-electron chi connectivity index (χ2n) is 6.57. The molecule has 1 aromatic carbocycles. The largest absolute Gasteiger partial charge is 0.573 e. The maximum absolute atomic E-state index is 12.7. The van der Waals surface area contributed by atoms with Crippen molar-refractivity contribution in [2.45, 2.75) is 19.2 Å². The Morgan fingerprint density at radius 3 is 2.68 bits per heavy atom. The minimum atomic E-state index is -4.79. The highest BCUT2D eigenvalue weighted by atomic mass is 79.9. The molecule has 0 unspecified atom stereocenters. The van der Waals surface area contributed by atoms with Gasteiger partial charge in [-0.2, -0.15) is 4.98 Å². The van der Waals surface area contributed by atoms with E-state index in [1.54, 1.807) is 48.8 Å². The molecule has 10 heteroatoms. The van der Waals surface area contributed by atoms with Crippen molar-refractivity contribution >= 4 is 44.2 Å². The minimum Gasteiger partial charge on any atom is -0.434 e. The van der Waals surface area contributed by atoms with E-state index >= 15 is 0 Å². The smallest absolute Gasteiger partial charge is 0.434 e. The van der Waals surface area contributed by atoms with Crippen molar-refractivity contribution < 1.29 is 22.3 Å². The lowest BCUT2D eigenvalue weighted by Crippen LogP contribution is -2.19.